The first-order valence-corrected chi connectivity index (χ1v) is 5.98. The molecule has 0 fully saturated rings. The second kappa shape index (κ2) is 6.04. The SMILES string of the molecule is COc1nc(NCCc2ccccc2F)ccc1N. The van der Waals surface area contributed by atoms with Crippen molar-refractivity contribution in [3.8, 4) is 5.88 Å². The number of aromatic nitrogens is 1. The second-order valence-electron chi connectivity index (χ2n) is 4.06. The number of ether oxygens (including phenoxy) is 1. The monoisotopic (exact) mass is 261 g/mol. The van der Waals surface area contributed by atoms with Crippen molar-refractivity contribution >= 4 is 11.5 Å². The quantitative estimate of drug-likeness (QED) is 0.868. The molecular weight excluding hydrogens is 245 g/mol. The Morgan fingerprint density at radius 1 is 1.26 bits per heavy atom. The van der Waals surface area contributed by atoms with Gasteiger partial charge in [-0.3, -0.25) is 0 Å². The molecule has 0 radical (unpaired) electrons. The van der Waals surface area contributed by atoms with E-state index in [1.807, 2.05) is 6.07 Å². The molecule has 0 amide bonds. The molecule has 2 rings (SSSR count). The van der Waals surface area contributed by atoms with Gasteiger partial charge in [0, 0.05) is 6.54 Å². The molecule has 0 unspecified atom stereocenters. The predicted molar refractivity (Wildman–Crippen MR) is 73.8 cm³/mol. The molecule has 1 aromatic carbocycles. The average molecular weight is 261 g/mol. The maximum Gasteiger partial charge on any atom is 0.238 e. The summed E-state index contributed by atoms with van der Waals surface area (Å²) in [5.41, 5.74) is 6.84. The van der Waals surface area contributed by atoms with Crippen molar-refractivity contribution in [2.24, 2.45) is 0 Å². The lowest BCUT2D eigenvalue weighted by Crippen LogP contribution is -2.08. The van der Waals surface area contributed by atoms with Gasteiger partial charge in [0.25, 0.3) is 0 Å². The molecule has 4 nitrogen and oxygen atoms in total. The van der Waals surface area contributed by atoms with Crippen molar-refractivity contribution in [3.05, 3.63) is 47.8 Å². The summed E-state index contributed by atoms with van der Waals surface area (Å²) in [5.74, 6) is 0.852. The van der Waals surface area contributed by atoms with Crippen molar-refractivity contribution in [3.63, 3.8) is 0 Å². The van der Waals surface area contributed by atoms with Crippen LogP contribution in [0.3, 0.4) is 0 Å². The van der Waals surface area contributed by atoms with E-state index in [4.69, 9.17) is 10.5 Å². The Morgan fingerprint density at radius 3 is 2.79 bits per heavy atom. The summed E-state index contributed by atoms with van der Waals surface area (Å²) in [7, 11) is 1.52. The fourth-order valence-electron chi connectivity index (χ4n) is 1.74. The van der Waals surface area contributed by atoms with Gasteiger partial charge in [-0.15, -0.1) is 0 Å². The first-order chi connectivity index (χ1) is 9.20. The van der Waals surface area contributed by atoms with Gasteiger partial charge in [0.1, 0.15) is 11.6 Å². The molecule has 0 saturated carbocycles. The molecule has 0 aliphatic rings. The molecular formula is C14H16FN3O. The average Bonchev–Trinajstić information content (AvgIpc) is 2.43. The largest absolute Gasteiger partial charge is 0.479 e. The molecule has 0 bridgehead atoms. The summed E-state index contributed by atoms with van der Waals surface area (Å²) in [4.78, 5) is 4.19. The highest BCUT2D eigenvalue weighted by atomic mass is 19.1. The minimum Gasteiger partial charge on any atom is -0.479 e. The van der Waals surface area contributed by atoms with Gasteiger partial charge in [0.05, 0.1) is 12.8 Å². The van der Waals surface area contributed by atoms with Gasteiger partial charge in [0.15, 0.2) is 0 Å². The third-order valence-corrected chi connectivity index (χ3v) is 2.74. The first-order valence-electron chi connectivity index (χ1n) is 5.98. The Bertz CT molecular complexity index is 560. The third kappa shape index (κ3) is 3.34. The number of nitrogens with one attached hydrogen (secondary N) is 1. The van der Waals surface area contributed by atoms with E-state index in [0.29, 0.717) is 35.9 Å². The number of nitrogens with two attached hydrogens (primary N) is 1. The minimum atomic E-state index is -0.188. The summed E-state index contributed by atoms with van der Waals surface area (Å²) in [6, 6.07) is 10.2. The number of pyridine rings is 1. The smallest absolute Gasteiger partial charge is 0.238 e. The molecule has 19 heavy (non-hydrogen) atoms. The fraction of sp³-hybridized carbons (Fsp3) is 0.214. The van der Waals surface area contributed by atoms with E-state index >= 15 is 0 Å². The third-order valence-electron chi connectivity index (χ3n) is 2.74. The van der Waals surface area contributed by atoms with Crippen LogP contribution in [-0.4, -0.2) is 18.6 Å². The Morgan fingerprint density at radius 2 is 2.05 bits per heavy atom. The molecule has 0 saturated heterocycles. The van der Waals surface area contributed by atoms with Gasteiger partial charge >= 0.3 is 0 Å². The topological polar surface area (TPSA) is 60.2 Å². The zero-order chi connectivity index (χ0) is 13.7. The number of rotatable bonds is 5. The summed E-state index contributed by atoms with van der Waals surface area (Å²) < 4.78 is 18.4. The number of methoxy groups -OCH3 is 1. The molecule has 0 spiro atoms. The summed E-state index contributed by atoms with van der Waals surface area (Å²) in [6.45, 7) is 0.584. The summed E-state index contributed by atoms with van der Waals surface area (Å²) in [6.07, 6.45) is 0.584. The zero-order valence-corrected chi connectivity index (χ0v) is 10.7. The van der Waals surface area contributed by atoms with E-state index in [0.717, 1.165) is 0 Å². The van der Waals surface area contributed by atoms with Crippen LogP contribution in [-0.2, 0) is 6.42 Å². The van der Waals surface area contributed by atoms with Gasteiger partial charge in [-0.2, -0.15) is 4.98 Å². The van der Waals surface area contributed by atoms with E-state index in [-0.39, 0.29) is 5.82 Å². The standard InChI is InChI=1S/C14H16FN3O/c1-19-14-12(16)6-7-13(18-14)17-9-8-10-4-2-3-5-11(10)15/h2-7H,8-9,16H2,1H3,(H,17,18). The molecule has 1 aromatic heterocycles. The molecule has 0 aliphatic carbocycles. The van der Waals surface area contributed by atoms with E-state index in [2.05, 4.69) is 10.3 Å². The van der Waals surface area contributed by atoms with Crippen LogP contribution >= 0.6 is 0 Å². The van der Waals surface area contributed by atoms with Crippen LogP contribution in [0.4, 0.5) is 15.9 Å². The number of hydrogen-bond acceptors (Lipinski definition) is 4. The van der Waals surface area contributed by atoms with Gasteiger partial charge in [-0.25, -0.2) is 4.39 Å². The first kappa shape index (κ1) is 13.1. The van der Waals surface area contributed by atoms with Crippen molar-refractivity contribution in [2.45, 2.75) is 6.42 Å². The lowest BCUT2D eigenvalue weighted by molar-refractivity contribution is 0.401. The molecule has 0 aliphatic heterocycles. The van der Waals surface area contributed by atoms with Crippen LogP contribution in [0.15, 0.2) is 36.4 Å². The second-order valence-corrected chi connectivity index (χ2v) is 4.06. The highest BCUT2D eigenvalue weighted by molar-refractivity contribution is 5.53. The van der Waals surface area contributed by atoms with Crippen LogP contribution in [0.2, 0.25) is 0 Å². The summed E-state index contributed by atoms with van der Waals surface area (Å²) in [5, 5.41) is 3.11. The van der Waals surface area contributed by atoms with Gasteiger partial charge < -0.3 is 15.8 Å². The molecule has 1 heterocycles. The Labute approximate surface area is 111 Å². The predicted octanol–water partition coefficient (Wildman–Crippen LogP) is 2.47. The zero-order valence-electron chi connectivity index (χ0n) is 10.7. The summed E-state index contributed by atoms with van der Waals surface area (Å²) >= 11 is 0. The lowest BCUT2D eigenvalue weighted by Gasteiger charge is -2.09. The number of nitrogens with zero attached hydrogens (tertiary/aromatic N) is 1. The van der Waals surface area contributed by atoms with E-state index < -0.39 is 0 Å². The van der Waals surface area contributed by atoms with Gasteiger partial charge in [-0.05, 0) is 30.2 Å². The normalized spacial score (nSPS) is 10.2. The van der Waals surface area contributed by atoms with Crippen LogP contribution < -0.4 is 15.8 Å². The van der Waals surface area contributed by atoms with Gasteiger partial charge in [-0.1, -0.05) is 18.2 Å². The Kier molecular flexibility index (Phi) is 4.18. The van der Waals surface area contributed by atoms with Crippen LogP contribution in [0.5, 0.6) is 5.88 Å². The number of halogens is 1. The molecule has 0 atom stereocenters. The minimum absolute atomic E-state index is 0.188. The highest BCUT2D eigenvalue weighted by Crippen LogP contribution is 2.20. The van der Waals surface area contributed by atoms with Crippen LogP contribution in [0.25, 0.3) is 0 Å². The number of benzene rings is 1. The molecule has 5 heteroatoms. The molecule has 2 aromatic rings. The highest BCUT2D eigenvalue weighted by Gasteiger charge is 2.03. The van der Waals surface area contributed by atoms with Gasteiger partial charge in [0.2, 0.25) is 5.88 Å². The number of nitrogen functional groups attached to an aromatic ring is 1. The van der Waals surface area contributed by atoms with Crippen LogP contribution in [0.1, 0.15) is 5.56 Å². The Balaban J connectivity index is 1.94. The van der Waals surface area contributed by atoms with Crippen molar-refractivity contribution < 1.29 is 9.13 Å². The fourth-order valence-corrected chi connectivity index (χ4v) is 1.74. The van der Waals surface area contributed by atoms with E-state index in [1.54, 1.807) is 24.3 Å². The van der Waals surface area contributed by atoms with Crippen molar-refractivity contribution in [1.29, 1.82) is 0 Å². The maximum absolute atomic E-state index is 13.4. The maximum atomic E-state index is 13.4. The van der Waals surface area contributed by atoms with E-state index in [1.165, 1.54) is 13.2 Å². The number of anilines is 2. The van der Waals surface area contributed by atoms with Crippen LogP contribution in [0, 0.1) is 5.82 Å². The molecule has 3 N–H and O–H groups in total. The molecule has 100 valence electrons. The van der Waals surface area contributed by atoms with E-state index in [9.17, 15) is 4.39 Å². The van der Waals surface area contributed by atoms with Crippen molar-refractivity contribution in [1.82, 2.24) is 4.98 Å². The Hall–Kier alpha value is -2.30. The lowest BCUT2D eigenvalue weighted by atomic mass is 10.1. The number of hydrogen-bond donors (Lipinski definition) is 2. The van der Waals surface area contributed by atoms with Crippen molar-refractivity contribution in [2.75, 3.05) is 24.7 Å².